The van der Waals surface area contributed by atoms with Gasteiger partial charge in [-0.2, -0.15) is 9.10 Å². The fourth-order valence-electron chi connectivity index (χ4n) is 8.29. The van der Waals surface area contributed by atoms with Crippen LogP contribution in [0.3, 0.4) is 0 Å². The number of nitrogen functional groups attached to an aromatic ring is 1. The number of fused-ring (bicyclic) bond motifs is 1. The number of amides is 1. The van der Waals surface area contributed by atoms with Gasteiger partial charge in [0.15, 0.2) is 15.0 Å². The molecule has 19 nitrogen and oxygen atoms in total. The lowest BCUT2D eigenvalue weighted by Crippen LogP contribution is -2.44. The highest BCUT2D eigenvalue weighted by Gasteiger charge is 2.49. The lowest BCUT2D eigenvalue weighted by Gasteiger charge is -2.27. The fraction of sp³-hybridized carbons (Fsp3) is 0.306. The molecule has 3 heterocycles. The average Bonchev–Trinajstić information content (AvgIpc) is 4.12. The molecule has 0 aliphatic carbocycles. The van der Waals surface area contributed by atoms with Gasteiger partial charge in [0.1, 0.15) is 33.8 Å². The predicted octanol–water partition coefficient (Wildman–Crippen LogP) is 6.99. The number of carbonyl (C=O) groups is 2. The second-order valence-electron chi connectivity index (χ2n) is 17.6. The van der Waals surface area contributed by atoms with Crippen molar-refractivity contribution >= 4 is 58.6 Å². The molecule has 8 rings (SSSR count). The number of aromatic nitrogens is 5. The average molecular weight is 1030 g/mol. The number of methoxy groups -OCH3 is 4. The van der Waals surface area contributed by atoms with Crippen molar-refractivity contribution in [3.63, 3.8) is 0 Å². The van der Waals surface area contributed by atoms with Crippen molar-refractivity contribution in [3.8, 4) is 39.8 Å². The Bertz CT molecular complexity index is 3250. The van der Waals surface area contributed by atoms with Crippen LogP contribution in [0.25, 0.3) is 32.7 Å². The molecule has 0 spiro atoms. The van der Waals surface area contributed by atoms with Gasteiger partial charge in [0.05, 0.1) is 60.9 Å². The number of nitrogens with two attached hydrogens (primary N) is 1. The Kier molecular flexibility index (Phi) is 14.4. The Morgan fingerprint density at radius 3 is 1.90 bits per heavy atom. The van der Waals surface area contributed by atoms with Crippen LogP contribution in [0.4, 0.5) is 9.93 Å². The van der Waals surface area contributed by atoms with E-state index in [1.165, 1.54) is 46.8 Å². The fourth-order valence-corrected chi connectivity index (χ4v) is 13.2. The lowest BCUT2D eigenvalue weighted by atomic mass is 9.98. The maximum absolute atomic E-state index is 16.3. The molecule has 2 N–H and O–H groups in total. The van der Waals surface area contributed by atoms with Crippen LogP contribution in [0.15, 0.2) is 113 Å². The van der Waals surface area contributed by atoms with Crippen LogP contribution >= 0.6 is 11.3 Å². The third-order valence-electron chi connectivity index (χ3n) is 11.7. The van der Waals surface area contributed by atoms with Gasteiger partial charge in [-0.1, -0.05) is 65.9 Å². The Morgan fingerprint density at radius 1 is 0.775 bits per heavy atom. The van der Waals surface area contributed by atoms with Crippen LogP contribution in [0.5, 0.6) is 17.2 Å². The van der Waals surface area contributed by atoms with E-state index in [2.05, 4.69) is 15.3 Å². The van der Waals surface area contributed by atoms with Crippen LogP contribution in [0.2, 0.25) is 0 Å². The summed E-state index contributed by atoms with van der Waals surface area (Å²) in [5, 5.41) is 12.2. The molecular weight excluding hydrogens is 973 g/mol. The molecule has 1 saturated heterocycles. The van der Waals surface area contributed by atoms with E-state index in [9.17, 15) is 9.59 Å². The molecule has 22 heteroatoms. The summed E-state index contributed by atoms with van der Waals surface area (Å²) < 4.78 is 92.7. The molecule has 2 atom stereocenters. The van der Waals surface area contributed by atoms with Crippen molar-refractivity contribution in [1.29, 1.82) is 0 Å². The van der Waals surface area contributed by atoms with E-state index in [1.54, 1.807) is 101 Å². The van der Waals surface area contributed by atoms with E-state index in [4.69, 9.17) is 34.5 Å². The summed E-state index contributed by atoms with van der Waals surface area (Å²) in [6.45, 7) is 3.94. The van der Waals surface area contributed by atoms with Gasteiger partial charge in [-0.05, 0) is 103 Å². The molecule has 0 radical (unpaired) electrons. The Labute approximate surface area is 415 Å². The van der Waals surface area contributed by atoms with Crippen LogP contribution in [0, 0.1) is 0 Å². The van der Waals surface area contributed by atoms with E-state index in [-0.39, 0.29) is 41.7 Å². The topological polar surface area (TPSA) is 238 Å². The normalized spacial score (nSPS) is 15.2. The van der Waals surface area contributed by atoms with E-state index in [0.717, 1.165) is 17.6 Å². The second kappa shape index (κ2) is 20.3. The maximum atomic E-state index is 16.3. The highest BCUT2D eigenvalue weighted by Crippen LogP contribution is 2.45. The number of benzene rings is 5. The molecule has 71 heavy (non-hydrogen) atoms. The number of carbonyl (C=O) groups excluding carboxylic acids is 2. The highest BCUT2D eigenvalue weighted by atomic mass is 32.2. The molecular formula is C49H52N8O11S3. The Balaban J connectivity index is 1.40. The largest absolute Gasteiger partial charge is 0.497 e. The van der Waals surface area contributed by atoms with E-state index in [0.29, 0.717) is 44.2 Å². The second-order valence-corrected chi connectivity index (χ2v) is 22.7. The lowest BCUT2D eigenvalue weighted by molar-refractivity contribution is -0.145. The third-order valence-corrected chi connectivity index (χ3v) is 16.8. The maximum Gasteiger partial charge on any atom is 0.411 e. The zero-order chi connectivity index (χ0) is 50.8. The van der Waals surface area contributed by atoms with Gasteiger partial charge >= 0.3 is 12.1 Å². The first kappa shape index (κ1) is 50.3. The number of sulfone groups is 1. The Hall–Kier alpha value is -7.14. The third kappa shape index (κ3) is 10.6. The van der Waals surface area contributed by atoms with Gasteiger partial charge < -0.3 is 29.4 Å². The minimum absolute atomic E-state index is 0.0865. The highest BCUT2D eigenvalue weighted by molar-refractivity contribution is 7.94. The minimum atomic E-state index is -5.05. The van der Waals surface area contributed by atoms with Gasteiger partial charge in [0.25, 0.3) is 0 Å². The number of para-hydroxylation sites is 1. The zero-order valence-corrected chi connectivity index (χ0v) is 42.4. The number of thiazole rings is 1. The van der Waals surface area contributed by atoms with Gasteiger partial charge in [-0.25, -0.2) is 31.4 Å². The zero-order valence-electron chi connectivity index (χ0n) is 39.9. The minimum Gasteiger partial charge on any atom is -0.497 e. The molecule has 372 valence electrons. The molecule has 1 aliphatic rings. The molecule has 1 fully saturated rings. The first-order valence-electron chi connectivity index (χ1n) is 22.1. The van der Waals surface area contributed by atoms with Crippen molar-refractivity contribution in [1.82, 2.24) is 34.4 Å². The van der Waals surface area contributed by atoms with Crippen molar-refractivity contribution < 1.29 is 50.1 Å². The summed E-state index contributed by atoms with van der Waals surface area (Å²) in [5.74, 6) is 0.580. The monoisotopic (exact) mass is 1020 g/mol. The number of hydrogen-bond donors (Lipinski definition) is 1. The van der Waals surface area contributed by atoms with Crippen molar-refractivity contribution in [2.75, 3.05) is 40.7 Å². The number of rotatable bonds is 16. The number of tetrazole rings is 1. The van der Waals surface area contributed by atoms with Crippen LogP contribution < -0.4 is 19.9 Å². The summed E-state index contributed by atoms with van der Waals surface area (Å²) in [7, 11) is -4.23. The van der Waals surface area contributed by atoms with E-state index >= 15 is 16.8 Å². The summed E-state index contributed by atoms with van der Waals surface area (Å²) in [5.41, 5.74) is 7.90. The quantitative estimate of drug-likeness (QED) is 0.0960. The number of nitrogens with zero attached hydrogens (tertiary/aromatic N) is 7. The Morgan fingerprint density at radius 2 is 1.35 bits per heavy atom. The molecule has 2 aromatic heterocycles. The number of hydrogen-bond acceptors (Lipinski definition) is 17. The van der Waals surface area contributed by atoms with Gasteiger partial charge in [-0.3, -0.25) is 4.90 Å². The van der Waals surface area contributed by atoms with Crippen LogP contribution in [0.1, 0.15) is 43.9 Å². The number of ether oxygens (including phenoxy) is 5. The SMILES string of the molecule is COC(=O)[C@@H]1C[C@@H](S(=O)(=O)c2ccc(-c3cccc4sc(N)nc34)c(-c3nnn(Cc4ccc(OC)cc4)n3)c2S(=O)(=O)N(Cc2ccc(OC)cc2)Cc2ccc(OC)cc2)CN1C(=O)OC(C)(C)C. The number of likely N-dealkylation sites (tertiary alicyclic amines) is 1. The first-order chi connectivity index (χ1) is 33.8. The van der Waals surface area contributed by atoms with E-state index in [1.807, 2.05) is 18.2 Å². The number of esters is 1. The summed E-state index contributed by atoms with van der Waals surface area (Å²) >= 11 is 1.22. The molecule has 1 aliphatic heterocycles. The molecule has 0 unspecified atom stereocenters. The van der Waals surface area contributed by atoms with Crippen LogP contribution in [-0.4, -0.2) is 115 Å². The van der Waals surface area contributed by atoms with Crippen LogP contribution in [-0.2, 0) is 53.8 Å². The van der Waals surface area contributed by atoms with Crippen molar-refractivity contribution in [2.24, 2.45) is 0 Å². The van der Waals surface area contributed by atoms with Gasteiger partial charge in [0, 0.05) is 25.2 Å². The van der Waals surface area contributed by atoms with Crippen molar-refractivity contribution in [2.45, 2.75) is 73.5 Å². The molecule has 1 amide bonds. The molecule has 0 bridgehead atoms. The predicted molar refractivity (Wildman–Crippen MR) is 265 cm³/mol. The number of anilines is 1. The molecule has 0 saturated carbocycles. The van der Waals surface area contributed by atoms with Crippen molar-refractivity contribution in [3.05, 3.63) is 120 Å². The summed E-state index contributed by atoms with van der Waals surface area (Å²) in [4.78, 5) is 32.6. The molecule has 7 aromatic rings. The van der Waals surface area contributed by atoms with E-state index < -0.39 is 71.6 Å². The van der Waals surface area contributed by atoms with Gasteiger partial charge in [0.2, 0.25) is 15.8 Å². The molecule has 5 aromatic carbocycles. The van der Waals surface area contributed by atoms with Gasteiger partial charge in [-0.15, -0.1) is 10.2 Å². The standard InChI is InChI=1S/C49H52N8O11S3/c1-49(2,3)68-48(59)56-29-36(25-39(56)46(58)67-7)70(60,61)41-24-23-37(38-9-8-10-40-43(38)51-47(50)69-40)42(45-52-54-57(53-45)28-32-15-21-35(66-6)22-16-32)44(41)71(62,63)55(26-30-11-17-33(64-4)18-12-30)27-31-13-19-34(65-5)20-14-31/h8-24,36,39H,25-29H2,1-7H3,(H2,50,51)/t36-,39+/m1/s1. The summed E-state index contributed by atoms with van der Waals surface area (Å²) in [6, 6.07) is 27.3. The first-order valence-corrected chi connectivity index (χ1v) is 25.9. The summed E-state index contributed by atoms with van der Waals surface area (Å²) in [6.07, 6.45) is -1.40. The number of sulfonamides is 1. The smallest absolute Gasteiger partial charge is 0.411 e.